The van der Waals surface area contributed by atoms with Gasteiger partial charge in [-0.25, -0.2) is 4.79 Å². The van der Waals surface area contributed by atoms with Gasteiger partial charge in [0.2, 0.25) is 0 Å². The van der Waals surface area contributed by atoms with Crippen LogP contribution in [0, 0.1) is 0 Å². The Hall–Kier alpha value is -0.733. The van der Waals surface area contributed by atoms with Crippen molar-refractivity contribution in [3.05, 3.63) is 12.7 Å². The van der Waals surface area contributed by atoms with Gasteiger partial charge < -0.3 is 22.4 Å². The highest BCUT2D eigenvalue weighted by molar-refractivity contribution is 6.53. The van der Waals surface area contributed by atoms with Gasteiger partial charge in [0.1, 0.15) is 0 Å². The van der Waals surface area contributed by atoms with E-state index in [9.17, 15) is 4.79 Å². The standard InChI is InChI=1S/C13H26O6Si/c1-6-13(14)15-10-9-11-18-20(16-7-2,17-8-3)19-12(4)5/h6,12H,1,7-11H2,2-5H3. The van der Waals surface area contributed by atoms with E-state index in [-0.39, 0.29) is 12.7 Å². The molecule has 0 radical (unpaired) electrons. The van der Waals surface area contributed by atoms with Gasteiger partial charge in [0.25, 0.3) is 0 Å². The van der Waals surface area contributed by atoms with Gasteiger partial charge in [-0.05, 0) is 27.7 Å². The summed E-state index contributed by atoms with van der Waals surface area (Å²) in [5.74, 6) is -0.443. The molecule has 0 spiro atoms. The van der Waals surface area contributed by atoms with E-state index in [1.54, 1.807) is 0 Å². The zero-order valence-corrected chi connectivity index (χ0v) is 13.8. The second-order valence-corrected chi connectivity index (χ2v) is 6.21. The van der Waals surface area contributed by atoms with Crippen LogP contribution >= 0.6 is 0 Å². The highest BCUT2D eigenvalue weighted by Gasteiger charge is 2.46. The number of ether oxygens (including phenoxy) is 1. The van der Waals surface area contributed by atoms with E-state index in [1.165, 1.54) is 0 Å². The van der Waals surface area contributed by atoms with Crippen LogP contribution in [0.25, 0.3) is 0 Å². The first kappa shape index (κ1) is 19.3. The van der Waals surface area contributed by atoms with Crippen LogP contribution in [-0.4, -0.2) is 47.5 Å². The summed E-state index contributed by atoms with van der Waals surface area (Å²) in [7, 11) is -3.10. The molecule has 0 aliphatic rings. The van der Waals surface area contributed by atoms with Crippen LogP contribution < -0.4 is 0 Å². The second kappa shape index (κ2) is 11.0. The Balaban J connectivity index is 4.25. The maximum absolute atomic E-state index is 10.9. The Kier molecular flexibility index (Phi) is 10.6. The number of rotatable bonds is 12. The minimum Gasteiger partial charge on any atom is -0.462 e. The highest BCUT2D eigenvalue weighted by Crippen LogP contribution is 2.15. The largest absolute Gasteiger partial charge is 0.679 e. The molecule has 0 heterocycles. The maximum Gasteiger partial charge on any atom is 0.679 e. The van der Waals surface area contributed by atoms with Gasteiger partial charge in [0.05, 0.1) is 6.61 Å². The van der Waals surface area contributed by atoms with E-state index in [2.05, 4.69) is 6.58 Å². The number of hydrogen-bond donors (Lipinski definition) is 0. The number of hydrogen-bond acceptors (Lipinski definition) is 6. The van der Waals surface area contributed by atoms with Crippen molar-refractivity contribution in [2.24, 2.45) is 0 Å². The van der Waals surface area contributed by atoms with Gasteiger partial charge in [-0.2, -0.15) is 0 Å². The third-order valence-corrected chi connectivity index (χ3v) is 4.60. The van der Waals surface area contributed by atoms with Crippen LogP contribution in [0.3, 0.4) is 0 Å². The first-order chi connectivity index (χ1) is 9.49. The van der Waals surface area contributed by atoms with E-state index in [1.807, 2.05) is 27.7 Å². The number of carbonyl (C=O) groups excluding carboxylic acids is 1. The van der Waals surface area contributed by atoms with E-state index in [4.69, 9.17) is 22.4 Å². The smallest absolute Gasteiger partial charge is 0.462 e. The molecule has 0 saturated heterocycles. The quantitative estimate of drug-likeness (QED) is 0.238. The number of esters is 1. The summed E-state index contributed by atoms with van der Waals surface area (Å²) in [5.41, 5.74) is 0. The zero-order chi connectivity index (χ0) is 15.4. The predicted octanol–water partition coefficient (Wildman–Crippen LogP) is 2.06. The van der Waals surface area contributed by atoms with Crippen molar-refractivity contribution in [1.29, 1.82) is 0 Å². The molecule has 0 aromatic rings. The normalized spacial score (nSPS) is 11.7. The molecule has 0 aromatic heterocycles. The molecular weight excluding hydrogens is 280 g/mol. The lowest BCUT2D eigenvalue weighted by Crippen LogP contribution is -2.51. The summed E-state index contributed by atoms with van der Waals surface area (Å²) in [6, 6.07) is 0. The fraction of sp³-hybridized carbons (Fsp3) is 0.769. The molecule has 0 atom stereocenters. The fourth-order valence-electron chi connectivity index (χ4n) is 1.36. The van der Waals surface area contributed by atoms with Crippen molar-refractivity contribution in [1.82, 2.24) is 0 Å². The third kappa shape index (κ3) is 8.44. The Morgan fingerprint density at radius 1 is 1.15 bits per heavy atom. The highest BCUT2D eigenvalue weighted by atomic mass is 28.4. The van der Waals surface area contributed by atoms with Crippen LogP contribution in [0.15, 0.2) is 12.7 Å². The van der Waals surface area contributed by atoms with Crippen molar-refractivity contribution in [3.8, 4) is 0 Å². The van der Waals surface area contributed by atoms with Crippen LogP contribution in [0.2, 0.25) is 0 Å². The lowest BCUT2D eigenvalue weighted by atomic mass is 10.5. The molecule has 0 aromatic carbocycles. The van der Waals surface area contributed by atoms with Crippen LogP contribution in [0.5, 0.6) is 0 Å². The number of carbonyl (C=O) groups is 1. The minimum atomic E-state index is -3.10. The van der Waals surface area contributed by atoms with Crippen molar-refractivity contribution in [3.63, 3.8) is 0 Å². The van der Waals surface area contributed by atoms with E-state index in [0.717, 1.165) is 6.08 Å². The first-order valence-electron chi connectivity index (χ1n) is 6.88. The molecule has 0 aliphatic heterocycles. The topological polar surface area (TPSA) is 63.2 Å². The molecule has 0 aliphatic carbocycles. The summed E-state index contributed by atoms with van der Waals surface area (Å²) in [4.78, 5) is 10.9. The first-order valence-corrected chi connectivity index (χ1v) is 8.51. The van der Waals surface area contributed by atoms with E-state index >= 15 is 0 Å². The Morgan fingerprint density at radius 2 is 1.75 bits per heavy atom. The maximum atomic E-state index is 10.9. The summed E-state index contributed by atoms with van der Waals surface area (Å²) < 4.78 is 27.4. The fourth-order valence-corrected chi connectivity index (χ4v) is 3.49. The van der Waals surface area contributed by atoms with Crippen molar-refractivity contribution < 1.29 is 27.2 Å². The van der Waals surface area contributed by atoms with Crippen molar-refractivity contribution in [2.45, 2.75) is 40.2 Å². The average Bonchev–Trinajstić information content (AvgIpc) is 2.37. The molecule has 0 saturated carbocycles. The molecule has 0 N–H and O–H groups in total. The van der Waals surface area contributed by atoms with Gasteiger partial charge in [-0.3, -0.25) is 0 Å². The molecule has 0 rings (SSSR count). The third-order valence-electron chi connectivity index (χ3n) is 2.00. The summed E-state index contributed by atoms with van der Waals surface area (Å²) in [5, 5.41) is 0. The van der Waals surface area contributed by atoms with Crippen LogP contribution in [0.1, 0.15) is 34.1 Å². The lowest BCUT2D eigenvalue weighted by Gasteiger charge is -2.28. The predicted molar refractivity (Wildman–Crippen MR) is 77.0 cm³/mol. The zero-order valence-electron chi connectivity index (χ0n) is 12.8. The monoisotopic (exact) mass is 306 g/mol. The molecule has 6 nitrogen and oxygen atoms in total. The van der Waals surface area contributed by atoms with Crippen LogP contribution in [0.4, 0.5) is 0 Å². The van der Waals surface area contributed by atoms with Gasteiger partial charge in [-0.1, -0.05) is 6.58 Å². The molecular formula is C13H26O6Si. The average molecular weight is 306 g/mol. The van der Waals surface area contributed by atoms with Gasteiger partial charge in [-0.15, -0.1) is 0 Å². The summed E-state index contributed by atoms with van der Waals surface area (Å²) >= 11 is 0. The Morgan fingerprint density at radius 3 is 2.20 bits per heavy atom. The molecule has 0 fully saturated rings. The summed E-state index contributed by atoms with van der Waals surface area (Å²) in [6.07, 6.45) is 1.61. The van der Waals surface area contributed by atoms with E-state index < -0.39 is 15.0 Å². The minimum absolute atomic E-state index is 0.0571. The molecule has 0 unspecified atom stereocenters. The molecule has 7 heteroatoms. The lowest BCUT2D eigenvalue weighted by molar-refractivity contribution is -0.138. The van der Waals surface area contributed by atoms with Crippen molar-refractivity contribution in [2.75, 3.05) is 26.4 Å². The molecule has 0 bridgehead atoms. The second-order valence-electron chi connectivity index (χ2n) is 4.11. The molecule has 0 amide bonds. The van der Waals surface area contributed by atoms with Gasteiger partial charge in [0, 0.05) is 38.4 Å². The Labute approximate surface area is 122 Å². The van der Waals surface area contributed by atoms with Gasteiger partial charge >= 0.3 is 15.0 Å². The van der Waals surface area contributed by atoms with Crippen molar-refractivity contribution >= 4 is 15.0 Å². The molecule has 20 heavy (non-hydrogen) atoms. The van der Waals surface area contributed by atoms with Gasteiger partial charge in [0.15, 0.2) is 0 Å². The van der Waals surface area contributed by atoms with Crippen LogP contribution in [-0.2, 0) is 27.2 Å². The SMILES string of the molecule is C=CC(=O)OCCCO[Si](OCC)(OCC)OC(C)C. The summed E-state index contributed by atoms with van der Waals surface area (Å²) in [6.45, 7) is 12.3. The van der Waals surface area contributed by atoms with E-state index in [0.29, 0.717) is 26.2 Å². The molecule has 118 valence electrons. The Bertz CT molecular complexity index is 276.